The van der Waals surface area contributed by atoms with Crippen LogP contribution in [0.5, 0.6) is 0 Å². The summed E-state index contributed by atoms with van der Waals surface area (Å²) in [5.41, 5.74) is 0. The molecule has 0 aliphatic heterocycles. The number of nitrogens with zero attached hydrogens (tertiary/aromatic N) is 1. The second kappa shape index (κ2) is 5.82. The number of aliphatic hydroxyl groups is 1. The highest BCUT2D eigenvalue weighted by molar-refractivity contribution is 5.71. The molecule has 14 heavy (non-hydrogen) atoms. The number of carbonyl (C=O) groups is 1. The van der Waals surface area contributed by atoms with Crippen LogP contribution < -0.4 is 0 Å². The van der Waals surface area contributed by atoms with Crippen molar-refractivity contribution in [3.63, 3.8) is 0 Å². The SMILES string of the molecule is COC(=O)CN(CCO)CC(F)(F)F. The largest absolute Gasteiger partial charge is 0.468 e. The monoisotopic (exact) mass is 215 g/mol. The van der Waals surface area contributed by atoms with Crippen molar-refractivity contribution in [2.45, 2.75) is 6.18 Å². The molecule has 0 aromatic carbocycles. The average Bonchev–Trinajstić information content (AvgIpc) is 2.01. The lowest BCUT2D eigenvalue weighted by molar-refractivity contribution is -0.156. The molecule has 0 atom stereocenters. The molecule has 4 nitrogen and oxygen atoms in total. The number of ether oxygens (including phenoxy) is 1. The van der Waals surface area contributed by atoms with E-state index in [-0.39, 0.29) is 6.54 Å². The van der Waals surface area contributed by atoms with E-state index in [1.807, 2.05) is 0 Å². The molecule has 0 aromatic heterocycles. The fourth-order valence-electron chi connectivity index (χ4n) is 0.856. The Morgan fingerprint density at radius 1 is 1.50 bits per heavy atom. The van der Waals surface area contributed by atoms with E-state index >= 15 is 0 Å². The summed E-state index contributed by atoms with van der Waals surface area (Å²) in [6, 6.07) is 0. The zero-order chi connectivity index (χ0) is 11.2. The maximum atomic E-state index is 11.9. The number of hydrogen-bond donors (Lipinski definition) is 1. The maximum Gasteiger partial charge on any atom is 0.401 e. The van der Waals surface area contributed by atoms with E-state index in [0.29, 0.717) is 0 Å². The van der Waals surface area contributed by atoms with Gasteiger partial charge in [-0.2, -0.15) is 13.2 Å². The lowest BCUT2D eigenvalue weighted by atomic mass is 10.4. The first-order chi connectivity index (χ1) is 6.39. The van der Waals surface area contributed by atoms with Crippen molar-refractivity contribution in [1.82, 2.24) is 4.90 Å². The van der Waals surface area contributed by atoms with Gasteiger partial charge in [0.2, 0.25) is 0 Å². The molecule has 84 valence electrons. The Morgan fingerprint density at radius 3 is 2.43 bits per heavy atom. The lowest BCUT2D eigenvalue weighted by Crippen LogP contribution is -2.39. The predicted octanol–water partition coefficient (Wildman–Crippen LogP) is 0.0160. The molecule has 0 fully saturated rings. The van der Waals surface area contributed by atoms with E-state index in [1.54, 1.807) is 0 Å². The van der Waals surface area contributed by atoms with Gasteiger partial charge in [0, 0.05) is 6.54 Å². The molecule has 0 spiro atoms. The van der Waals surface area contributed by atoms with Crippen molar-refractivity contribution in [2.24, 2.45) is 0 Å². The highest BCUT2D eigenvalue weighted by atomic mass is 19.4. The quantitative estimate of drug-likeness (QED) is 0.657. The summed E-state index contributed by atoms with van der Waals surface area (Å²) in [7, 11) is 1.09. The summed E-state index contributed by atoms with van der Waals surface area (Å²) in [5, 5.41) is 8.46. The van der Waals surface area contributed by atoms with Gasteiger partial charge < -0.3 is 9.84 Å². The normalized spacial score (nSPS) is 11.9. The molecule has 0 radical (unpaired) electrons. The average molecular weight is 215 g/mol. The zero-order valence-corrected chi connectivity index (χ0v) is 7.67. The van der Waals surface area contributed by atoms with Gasteiger partial charge in [-0.25, -0.2) is 0 Å². The second-order valence-corrected chi connectivity index (χ2v) is 2.63. The van der Waals surface area contributed by atoms with E-state index < -0.39 is 31.8 Å². The van der Waals surface area contributed by atoms with Crippen LogP contribution in [-0.2, 0) is 9.53 Å². The van der Waals surface area contributed by atoms with Crippen LogP contribution in [0.3, 0.4) is 0 Å². The Bertz CT molecular complexity index is 184. The minimum Gasteiger partial charge on any atom is -0.468 e. The maximum absolute atomic E-state index is 11.9. The summed E-state index contributed by atoms with van der Waals surface area (Å²) >= 11 is 0. The van der Waals surface area contributed by atoms with Gasteiger partial charge in [0.05, 0.1) is 26.8 Å². The van der Waals surface area contributed by atoms with Gasteiger partial charge in [0.25, 0.3) is 0 Å². The van der Waals surface area contributed by atoms with E-state index in [4.69, 9.17) is 5.11 Å². The first-order valence-electron chi connectivity index (χ1n) is 3.86. The molecule has 7 heteroatoms. The third-order valence-electron chi connectivity index (χ3n) is 1.40. The van der Waals surface area contributed by atoms with Crippen molar-refractivity contribution in [2.75, 3.05) is 33.4 Å². The van der Waals surface area contributed by atoms with Gasteiger partial charge in [-0.15, -0.1) is 0 Å². The molecule has 0 saturated carbocycles. The Balaban J connectivity index is 4.08. The Labute approximate surface area is 79.3 Å². The molecular formula is C7H12F3NO3. The Hall–Kier alpha value is -0.820. The molecule has 0 aliphatic rings. The van der Waals surface area contributed by atoms with Gasteiger partial charge in [0.1, 0.15) is 0 Å². The third-order valence-corrected chi connectivity index (χ3v) is 1.40. The highest BCUT2D eigenvalue weighted by Gasteiger charge is 2.31. The summed E-state index contributed by atoms with van der Waals surface area (Å²) in [6.45, 7) is -2.36. The molecule has 0 aromatic rings. The van der Waals surface area contributed by atoms with Crippen LogP contribution in [-0.4, -0.2) is 55.5 Å². The Kier molecular flexibility index (Phi) is 5.47. The number of halogens is 3. The number of alkyl halides is 3. The van der Waals surface area contributed by atoms with Crippen molar-refractivity contribution < 1.29 is 27.8 Å². The molecule has 0 saturated heterocycles. The first-order valence-corrected chi connectivity index (χ1v) is 3.86. The minimum absolute atomic E-state index is 0.214. The van der Waals surface area contributed by atoms with Crippen LogP contribution >= 0.6 is 0 Å². The summed E-state index contributed by atoms with van der Waals surface area (Å²) < 4.78 is 39.9. The topological polar surface area (TPSA) is 49.8 Å². The fourth-order valence-corrected chi connectivity index (χ4v) is 0.856. The van der Waals surface area contributed by atoms with Gasteiger partial charge in [-0.05, 0) is 0 Å². The third kappa shape index (κ3) is 6.67. The number of hydrogen-bond acceptors (Lipinski definition) is 4. The van der Waals surface area contributed by atoms with E-state index in [1.165, 1.54) is 0 Å². The van der Waals surface area contributed by atoms with Gasteiger partial charge in [0.15, 0.2) is 0 Å². The van der Waals surface area contributed by atoms with Crippen molar-refractivity contribution in [3.8, 4) is 0 Å². The summed E-state index contributed by atoms with van der Waals surface area (Å²) in [4.78, 5) is 11.4. The Morgan fingerprint density at radius 2 is 2.07 bits per heavy atom. The summed E-state index contributed by atoms with van der Waals surface area (Å²) in [6.07, 6.45) is -4.39. The van der Waals surface area contributed by atoms with E-state index in [0.717, 1.165) is 12.0 Å². The fraction of sp³-hybridized carbons (Fsp3) is 0.857. The lowest BCUT2D eigenvalue weighted by Gasteiger charge is -2.20. The summed E-state index contributed by atoms with van der Waals surface area (Å²) in [5.74, 6) is -0.761. The van der Waals surface area contributed by atoms with Gasteiger partial charge in [-0.3, -0.25) is 9.69 Å². The molecule has 0 amide bonds. The minimum atomic E-state index is -4.39. The first kappa shape index (κ1) is 13.2. The number of aliphatic hydroxyl groups excluding tert-OH is 1. The molecule has 0 rings (SSSR count). The van der Waals surface area contributed by atoms with Crippen LogP contribution in [0.4, 0.5) is 13.2 Å². The van der Waals surface area contributed by atoms with Crippen LogP contribution in [0.1, 0.15) is 0 Å². The van der Waals surface area contributed by atoms with E-state index in [9.17, 15) is 18.0 Å². The van der Waals surface area contributed by atoms with Crippen LogP contribution in [0.2, 0.25) is 0 Å². The number of esters is 1. The van der Waals surface area contributed by atoms with E-state index in [2.05, 4.69) is 4.74 Å². The molecule has 0 bridgehead atoms. The molecule has 0 unspecified atom stereocenters. The highest BCUT2D eigenvalue weighted by Crippen LogP contribution is 2.15. The molecule has 0 heterocycles. The van der Waals surface area contributed by atoms with Crippen LogP contribution in [0.15, 0.2) is 0 Å². The number of rotatable bonds is 5. The number of carbonyl (C=O) groups excluding carboxylic acids is 1. The molecule has 0 aliphatic carbocycles. The van der Waals surface area contributed by atoms with Crippen molar-refractivity contribution in [3.05, 3.63) is 0 Å². The molecular weight excluding hydrogens is 203 g/mol. The smallest absolute Gasteiger partial charge is 0.401 e. The number of methoxy groups -OCH3 is 1. The molecule has 1 N–H and O–H groups in total. The predicted molar refractivity (Wildman–Crippen MR) is 41.6 cm³/mol. The van der Waals surface area contributed by atoms with Crippen molar-refractivity contribution >= 4 is 5.97 Å². The standard InChI is InChI=1S/C7H12F3NO3/c1-14-6(13)4-11(2-3-12)5-7(8,9)10/h12H,2-5H2,1H3. The van der Waals surface area contributed by atoms with Crippen LogP contribution in [0, 0.1) is 0 Å². The second-order valence-electron chi connectivity index (χ2n) is 2.63. The van der Waals surface area contributed by atoms with Gasteiger partial charge >= 0.3 is 12.1 Å². The van der Waals surface area contributed by atoms with Crippen molar-refractivity contribution in [1.29, 1.82) is 0 Å². The van der Waals surface area contributed by atoms with Gasteiger partial charge in [-0.1, -0.05) is 0 Å². The van der Waals surface area contributed by atoms with Crippen LogP contribution in [0.25, 0.3) is 0 Å². The zero-order valence-electron chi connectivity index (χ0n) is 7.67.